The molecule has 0 bridgehead atoms. The van der Waals surface area contributed by atoms with Crippen molar-refractivity contribution in [3.8, 4) is 5.75 Å². The number of amides is 1. The van der Waals surface area contributed by atoms with E-state index in [-0.39, 0.29) is 28.2 Å². The van der Waals surface area contributed by atoms with Crippen molar-refractivity contribution in [3.63, 3.8) is 0 Å². The Labute approximate surface area is 169 Å². The van der Waals surface area contributed by atoms with Crippen LogP contribution in [-0.4, -0.2) is 51.5 Å². The molecule has 1 amide bonds. The zero-order chi connectivity index (χ0) is 20.1. The molecule has 1 aliphatic rings. The molecular weight excluding hydrogens is 404 g/mol. The highest BCUT2D eigenvalue weighted by molar-refractivity contribution is 7.89. The van der Waals surface area contributed by atoms with Crippen molar-refractivity contribution in [3.05, 3.63) is 53.1 Å². The second kappa shape index (κ2) is 8.91. The molecule has 0 unspecified atom stereocenters. The van der Waals surface area contributed by atoms with E-state index in [2.05, 4.69) is 5.32 Å². The number of morpholine rings is 1. The zero-order valence-corrected chi connectivity index (χ0v) is 16.9. The number of carbonyl (C=O) groups is 1. The molecule has 1 heterocycles. The van der Waals surface area contributed by atoms with Gasteiger partial charge in [-0.25, -0.2) is 8.42 Å². The zero-order valence-electron chi connectivity index (χ0n) is 15.4. The predicted octanol–water partition coefficient (Wildman–Crippen LogP) is 2.69. The minimum atomic E-state index is -3.64. The van der Waals surface area contributed by atoms with Crippen molar-refractivity contribution in [1.29, 1.82) is 0 Å². The fraction of sp³-hybridized carbons (Fsp3) is 0.316. The average molecular weight is 425 g/mol. The summed E-state index contributed by atoms with van der Waals surface area (Å²) in [6.07, 6.45) is 0. The van der Waals surface area contributed by atoms with Gasteiger partial charge in [-0.2, -0.15) is 4.31 Å². The van der Waals surface area contributed by atoms with Crippen LogP contribution in [-0.2, 0) is 19.6 Å². The number of nitrogens with zero attached hydrogens (tertiary/aromatic N) is 1. The fourth-order valence-electron chi connectivity index (χ4n) is 2.67. The minimum absolute atomic E-state index is 0.0795. The topological polar surface area (TPSA) is 84.9 Å². The van der Waals surface area contributed by atoms with Gasteiger partial charge >= 0.3 is 0 Å². The van der Waals surface area contributed by atoms with Gasteiger partial charge in [-0.15, -0.1) is 0 Å². The smallest absolute Gasteiger partial charge is 0.262 e. The number of anilines is 1. The maximum Gasteiger partial charge on any atom is 0.262 e. The summed E-state index contributed by atoms with van der Waals surface area (Å²) in [5, 5.41) is 2.84. The van der Waals surface area contributed by atoms with Gasteiger partial charge in [0.15, 0.2) is 6.61 Å². The lowest BCUT2D eigenvalue weighted by Gasteiger charge is -2.26. The Bertz CT molecular complexity index is 941. The van der Waals surface area contributed by atoms with Gasteiger partial charge in [0.2, 0.25) is 10.0 Å². The van der Waals surface area contributed by atoms with E-state index in [9.17, 15) is 13.2 Å². The number of hydrogen-bond donors (Lipinski definition) is 1. The Kier molecular flexibility index (Phi) is 6.56. The van der Waals surface area contributed by atoms with Gasteiger partial charge in [0, 0.05) is 18.8 Å². The molecule has 28 heavy (non-hydrogen) atoms. The SMILES string of the molecule is Cc1ccc(NC(=O)COc2ccc(S(=O)(=O)N3CCOCC3)cc2Cl)cc1. The van der Waals surface area contributed by atoms with Crippen LogP contribution in [0.4, 0.5) is 5.69 Å². The van der Waals surface area contributed by atoms with E-state index < -0.39 is 10.0 Å². The molecule has 7 nitrogen and oxygen atoms in total. The predicted molar refractivity (Wildman–Crippen MR) is 106 cm³/mol. The largest absolute Gasteiger partial charge is 0.482 e. The molecule has 1 saturated heterocycles. The normalized spacial score (nSPS) is 15.2. The molecule has 2 aromatic carbocycles. The third-order valence-corrected chi connectivity index (χ3v) is 6.40. The first kappa shape index (κ1) is 20.6. The van der Waals surface area contributed by atoms with Gasteiger partial charge in [-0.1, -0.05) is 29.3 Å². The first-order valence-electron chi connectivity index (χ1n) is 8.73. The van der Waals surface area contributed by atoms with E-state index in [1.807, 2.05) is 19.1 Å². The van der Waals surface area contributed by atoms with Crippen LogP contribution < -0.4 is 10.1 Å². The molecule has 0 atom stereocenters. The Morgan fingerprint density at radius 2 is 1.86 bits per heavy atom. The fourth-order valence-corrected chi connectivity index (χ4v) is 4.41. The van der Waals surface area contributed by atoms with E-state index in [0.29, 0.717) is 32.0 Å². The second-order valence-electron chi connectivity index (χ2n) is 6.31. The summed E-state index contributed by atoms with van der Waals surface area (Å²) >= 11 is 6.17. The number of aryl methyl sites for hydroxylation is 1. The standard InChI is InChI=1S/C19H21ClN2O5S/c1-14-2-4-15(5-3-14)21-19(23)13-27-18-7-6-16(12-17(18)20)28(24,25)22-8-10-26-11-9-22/h2-7,12H,8-11,13H2,1H3,(H,21,23). The molecule has 9 heteroatoms. The summed E-state index contributed by atoms with van der Waals surface area (Å²) in [5.74, 6) is -0.105. The monoisotopic (exact) mass is 424 g/mol. The second-order valence-corrected chi connectivity index (χ2v) is 8.66. The number of hydrogen-bond acceptors (Lipinski definition) is 5. The van der Waals surface area contributed by atoms with Crippen LogP contribution in [0.15, 0.2) is 47.4 Å². The number of sulfonamides is 1. The molecule has 0 spiro atoms. The van der Waals surface area contributed by atoms with Crippen LogP contribution in [0.5, 0.6) is 5.75 Å². The number of ether oxygens (including phenoxy) is 2. The Balaban J connectivity index is 1.62. The Morgan fingerprint density at radius 1 is 1.18 bits per heavy atom. The highest BCUT2D eigenvalue weighted by atomic mass is 35.5. The number of nitrogens with one attached hydrogen (secondary N) is 1. The molecule has 0 aromatic heterocycles. The maximum atomic E-state index is 12.7. The lowest BCUT2D eigenvalue weighted by molar-refractivity contribution is -0.118. The van der Waals surface area contributed by atoms with Gasteiger partial charge in [-0.05, 0) is 37.3 Å². The lowest BCUT2D eigenvalue weighted by Crippen LogP contribution is -2.40. The molecule has 1 N–H and O–H groups in total. The van der Waals surface area contributed by atoms with Crippen LogP contribution >= 0.6 is 11.6 Å². The van der Waals surface area contributed by atoms with Crippen LogP contribution in [0.2, 0.25) is 5.02 Å². The first-order valence-corrected chi connectivity index (χ1v) is 10.5. The van der Waals surface area contributed by atoms with Crippen LogP contribution in [0, 0.1) is 6.92 Å². The summed E-state index contributed by atoms with van der Waals surface area (Å²) in [5.41, 5.74) is 1.76. The third-order valence-electron chi connectivity index (χ3n) is 4.21. The summed E-state index contributed by atoms with van der Waals surface area (Å²) in [4.78, 5) is 12.1. The van der Waals surface area contributed by atoms with E-state index in [1.54, 1.807) is 12.1 Å². The van der Waals surface area contributed by atoms with Crippen molar-refractivity contribution in [2.24, 2.45) is 0 Å². The van der Waals surface area contributed by atoms with Gasteiger partial charge < -0.3 is 14.8 Å². The van der Waals surface area contributed by atoms with Gasteiger partial charge in [0.25, 0.3) is 5.91 Å². The van der Waals surface area contributed by atoms with Crippen molar-refractivity contribution < 1.29 is 22.7 Å². The summed E-state index contributed by atoms with van der Waals surface area (Å²) in [7, 11) is -3.64. The minimum Gasteiger partial charge on any atom is -0.482 e. The summed E-state index contributed by atoms with van der Waals surface area (Å²) < 4.78 is 37.3. The molecule has 0 saturated carbocycles. The number of rotatable bonds is 6. The molecule has 1 fully saturated rings. The highest BCUT2D eigenvalue weighted by Gasteiger charge is 2.27. The maximum absolute atomic E-state index is 12.7. The van der Waals surface area contributed by atoms with Crippen molar-refractivity contribution >= 4 is 33.2 Å². The van der Waals surface area contributed by atoms with Crippen molar-refractivity contribution in [2.45, 2.75) is 11.8 Å². The van der Waals surface area contributed by atoms with Gasteiger partial charge in [0.1, 0.15) is 5.75 Å². The van der Waals surface area contributed by atoms with E-state index in [4.69, 9.17) is 21.1 Å². The van der Waals surface area contributed by atoms with E-state index >= 15 is 0 Å². The molecule has 2 aromatic rings. The van der Waals surface area contributed by atoms with E-state index in [0.717, 1.165) is 5.56 Å². The van der Waals surface area contributed by atoms with Crippen molar-refractivity contribution in [1.82, 2.24) is 4.31 Å². The lowest BCUT2D eigenvalue weighted by atomic mass is 10.2. The third kappa shape index (κ3) is 5.02. The highest BCUT2D eigenvalue weighted by Crippen LogP contribution is 2.29. The summed E-state index contributed by atoms with van der Waals surface area (Å²) in [6, 6.07) is 11.6. The summed E-state index contributed by atoms with van der Waals surface area (Å²) in [6.45, 7) is 3.05. The van der Waals surface area contributed by atoms with Gasteiger partial charge in [-0.3, -0.25) is 4.79 Å². The average Bonchev–Trinajstić information content (AvgIpc) is 2.69. The quantitative estimate of drug-likeness (QED) is 0.770. The van der Waals surface area contributed by atoms with Crippen molar-refractivity contribution in [2.75, 3.05) is 38.2 Å². The number of carbonyl (C=O) groups excluding carboxylic acids is 1. The van der Waals surface area contributed by atoms with Crippen LogP contribution in [0.1, 0.15) is 5.56 Å². The van der Waals surface area contributed by atoms with Crippen LogP contribution in [0.3, 0.4) is 0 Å². The van der Waals surface area contributed by atoms with E-state index in [1.165, 1.54) is 22.5 Å². The molecule has 0 aliphatic carbocycles. The molecular formula is C19H21ClN2O5S. The number of halogens is 1. The van der Waals surface area contributed by atoms with Gasteiger partial charge in [0.05, 0.1) is 23.1 Å². The molecule has 1 aliphatic heterocycles. The Morgan fingerprint density at radius 3 is 2.50 bits per heavy atom. The molecule has 150 valence electrons. The first-order chi connectivity index (χ1) is 13.4. The number of benzene rings is 2. The molecule has 3 rings (SSSR count). The van der Waals surface area contributed by atoms with Crippen LogP contribution in [0.25, 0.3) is 0 Å². The Hall–Kier alpha value is -2.13. The molecule has 0 radical (unpaired) electrons.